The molecule has 0 saturated carbocycles. The highest BCUT2D eigenvalue weighted by Crippen LogP contribution is 2.32. The summed E-state index contributed by atoms with van der Waals surface area (Å²) in [6.45, 7) is 0.108. The Hall–Kier alpha value is -4.03. The molecule has 0 spiro atoms. The van der Waals surface area contributed by atoms with Gasteiger partial charge in [0.05, 0.1) is 53.3 Å². The summed E-state index contributed by atoms with van der Waals surface area (Å²) in [6, 6.07) is 6.89. The predicted octanol–water partition coefficient (Wildman–Crippen LogP) is 2.98. The molecule has 13 nitrogen and oxygen atoms in total. The van der Waals surface area contributed by atoms with Crippen molar-refractivity contribution in [2.24, 2.45) is 5.92 Å². The van der Waals surface area contributed by atoms with E-state index in [2.05, 4.69) is 16.0 Å². The number of nitrogens with zero attached hydrogens (tertiary/aromatic N) is 2. The largest absolute Gasteiger partial charge is 0.465 e. The highest BCUT2D eigenvalue weighted by molar-refractivity contribution is 7.98. The summed E-state index contributed by atoms with van der Waals surface area (Å²) in [5.41, 5.74) is -1.91. The molecule has 47 heavy (non-hydrogen) atoms. The van der Waals surface area contributed by atoms with E-state index in [1.807, 2.05) is 6.26 Å². The molecule has 2 aliphatic heterocycles. The van der Waals surface area contributed by atoms with E-state index in [9.17, 15) is 45.9 Å². The average Bonchev–Trinajstić information content (AvgIpc) is 3.04. The van der Waals surface area contributed by atoms with Crippen LogP contribution >= 0.6 is 11.8 Å². The van der Waals surface area contributed by atoms with Crippen LogP contribution in [-0.2, 0) is 25.5 Å². The number of urea groups is 1. The van der Waals surface area contributed by atoms with E-state index < -0.39 is 69.6 Å². The number of morpholine rings is 1. The molecule has 5 amide bonds. The number of hydrogen-bond acceptors (Lipinski definition) is 8. The van der Waals surface area contributed by atoms with Gasteiger partial charge in [-0.05, 0) is 61.1 Å². The summed E-state index contributed by atoms with van der Waals surface area (Å²) in [5, 5.41) is 16.8. The molecule has 0 unspecified atom stereocenters. The van der Waals surface area contributed by atoms with Crippen molar-refractivity contribution in [1.29, 1.82) is 0 Å². The van der Waals surface area contributed by atoms with Crippen molar-refractivity contribution in [3.63, 3.8) is 0 Å². The van der Waals surface area contributed by atoms with Crippen LogP contribution in [0.25, 0.3) is 0 Å². The Morgan fingerprint density at radius 2 is 1.70 bits per heavy atom. The zero-order chi connectivity index (χ0) is 34.4. The normalized spacial score (nSPS) is 18.7. The summed E-state index contributed by atoms with van der Waals surface area (Å²) in [4.78, 5) is 53.7. The number of thioether (sulfide) groups is 1. The van der Waals surface area contributed by atoms with Crippen molar-refractivity contribution >= 4 is 51.2 Å². The van der Waals surface area contributed by atoms with Gasteiger partial charge >= 0.3 is 18.3 Å². The van der Waals surface area contributed by atoms with Gasteiger partial charge in [-0.2, -0.15) is 13.2 Å². The van der Waals surface area contributed by atoms with E-state index in [1.54, 1.807) is 12.1 Å². The number of rotatable bonds is 9. The van der Waals surface area contributed by atoms with Crippen LogP contribution in [0.5, 0.6) is 0 Å². The van der Waals surface area contributed by atoms with Crippen molar-refractivity contribution in [1.82, 2.24) is 20.4 Å². The molecule has 2 aliphatic rings. The van der Waals surface area contributed by atoms with Crippen molar-refractivity contribution in [2.45, 2.75) is 28.4 Å². The lowest BCUT2D eigenvalue weighted by Gasteiger charge is -2.37. The Morgan fingerprint density at radius 1 is 1.02 bits per heavy atom. The minimum absolute atomic E-state index is 0.0402. The zero-order valence-corrected chi connectivity index (χ0v) is 26.8. The zero-order valence-electron chi connectivity index (χ0n) is 25.2. The van der Waals surface area contributed by atoms with E-state index in [0.29, 0.717) is 12.1 Å². The van der Waals surface area contributed by atoms with Gasteiger partial charge in [0, 0.05) is 31.1 Å². The second-order valence-corrected chi connectivity index (χ2v) is 13.8. The predicted molar refractivity (Wildman–Crippen MR) is 165 cm³/mol. The van der Waals surface area contributed by atoms with Crippen LogP contribution in [0.3, 0.4) is 0 Å². The molecule has 2 heterocycles. The number of ether oxygens (including phenoxy) is 1. The third kappa shape index (κ3) is 9.51. The monoisotopic (exact) mass is 701 g/mol. The minimum atomic E-state index is -4.80. The van der Waals surface area contributed by atoms with E-state index >= 15 is 0 Å². The molecule has 0 aliphatic carbocycles. The first kappa shape index (κ1) is 35.8. The second kappa shape index (κ2) is 15.2. The SMILES string of the molecule is CSc1ccc(S(=O)(=O)C[C@@H]2CCN(C(=O)O)C[C@@H]2NC(=O)CNC(=O)c2cc(C(F)(F)F)ccc2NC(=O)N2CCOCC2)cc1. The van der Waals surface area contributed by atoms with Crippen LogP contribution in [0.4, 0.5) is 28.4 Å². The maximum Gasteiger partial charge on any atom is 0.416 e. The number of halogens is 3. The number of carbonyl (C=O) groups is 4. The molecule has 0 bridgehead atoms. The van der Waals surface area contributed by atoms with Crippen molar-refractivity contribution < 1.29 is 50.6 Å². The number of carbonyl (C=O) groups excluding carboxylic acids is 3. The molecule has 2 fully saturated rings. The van der Waals surface area contributed by atoms with Crippen LogP contribution in [0.15, 0.2) is 52.3 Å². The quantitative estimate of drug-likeness (QED) is 0.287. The maximum atomic E-state index is 13.5. The standard InChI is InChI=1S/C29H34F3N5O8S2/c1-46-20-3-5-21(6-4-20)47(43,44)17-18-8-9-37(28(41)42)16-24(18)34-25(38)15-33-26(39)22-14-19(29(30,31)32)2-7-23(22)35-27(40)36-10-12-45-13-11-36/h2-7,14,18,24H,8-13,15-17H2,1H3,(H,33,39)(H,34,38)(H,35,40)(H,41,42)/t18-,24-/m0/s1. The molecule has 2 atom stereocenters. The van der Waals surface area contributed by atoms with E-state index in [4.69, 9.17) is 4.74 Å². The topological polar surface area (TPSA) is 174 Å². The van der Waals surface area contributed by atoms with Crippen molar-refractivity contribution in [3.8, 4) is 0 Å². The van der Waals surface area contributed by atoms with Gasteiger partial charge in [0.2, 0.25) is 5.91 Å². The molecule has 0 radical (unpaired) electrons. The first-order chi connectivity index (χ1) is 22.2. The molecule has 2 aromatic carbocycles. The number of benzene rings is 2. The van der Waals surface area contributed by atoms with Gasteiger partial charge in [-0.15, -0.1) is 11.8 Å². The van der Waals surface area contributed by atoms with E-state index in [0.717, 1.165) is 15.9 Å². The van der Waals surface area contributed by atoms with Crippen molar-refractivity contribution in [2.75, 3.05) is 63.3 Å². The molecular weight excluding hydrogens is 667 g/mol. The highest BCUT2D eigenvalue weighted by Gasteiger charge is 2.36. The lowest BCUT2D eigenvalue weighted by molar-refractivity contribution is -0.137. The Morgan fingerprint density at radius 3 is 2.32 bits per heavy atom. The lowest BCUT2D eigenvalue weighted by Crippen LogP contribution is -2.56. The number of carboxylic acid groups (broad SMARTS) is 1. The Labute approximate surface area is 273 Å². The van der Waals surface area contributed by atoms with Gasteiger partial charge < -0.3 is 35.6 Å². The number of alkyl halides is 3. The molecular formula is C29H34F3N5O8S2. The molecule has 256 valence electrons. The minimum Gasteiger partial charge on any atom is -0.465 e. The first-order valence-electron chi connectivity index (χ1n) is 14.4. The van der Waals surface area contributed by atoms with Crippen LogP contribution in [0, 0.1) is 5.92 Å². The molecule has 18 heteroatoms. The summed E-state index contributed by atoms with van der Waals surface area (Å²) < 4.78 is 72.0. The Kier molecular flexibility index (Phi) is 11.6. The maximum absolute atomic E-state index is 13.5. The highest BCUT2D eigenvalue weighted by atomic mass is 32.2. The molecule has 4 N–H and O–H groups in total. The van der Waals surface area contributed by atoms with E-state index in [-0.39, 0.29) is 62.1 Å². The molecule has 2 aromatic rings. The smallest absolute Gasteiger partial charge is 0.416 e. The fourth-order valence-corrected chi connectivity index (χ4v) is 7.30. The first-order valence-corrected chi connectivity index (χ1v) is 17.3. The number of piperidine rings is 1. The number of likely N-dealkylation sites (tertiary alicyclic amines) is 1. The molecule has 4 rings (SSSR count). The van der Waals surface area contributed by atoms with Gasteiger partial charge in [0.25, 0.3) is 5.91 Å². The Balaban J connectivity index is 1.46. The number of sulfone groups is 1. The summed E-state index contributed by atoms with van der Waals surface area (Å²) >= 11 is 1.44. The summed E-state index contributed by atoms with van der Waals surface area (Å²) in [7, 11) is -3.83. The van der Waals surface area contributed by atoms with Crippen LogP contribution in [0.2, 0.25) is 0 Å². The van der Waals surface area contributed by atoms with Gasteiger partial charge in [0.1, 0.15) is 0 Å². The van der Waals surface area contributed by atoms with Crippen molar-refractivity contribution in [3.05, 3.63) is 53.6 Å². The molecule has 0 aromatic heterocycles. The number of amides is 5. The number of anilines is 1. The van der Waals surface area contributed by atoms with Crippen LogP contribution < -0.4 is 16.0 Å². The molecule has 2 saturated heterocycles. The number of hydrogen-bond donors (Lipinski definition) is 4. The Bertz CT molecular complexity index is 1590. The third-order valence-corrected chi connectivity index (χ3v) is 10.4. The lowest BCUT2D eigenvalue weighted by atomic mass is 9.93. The van der Waals surface area contributed by atoms with Gasteiger partial charge in [-0.1, -0.05) is 0 Å². The van der Waals surface area contributed by atoms with Crippen LogP contribution in [-0.4, -0.2) is 111 Å². The summed E-state index contributed by atoms with van der Waals surface area (Å²) in [5.74, 6) is -2.98. The fourth-order valence-electron chi connectivity index (χ4n) is 5.19. The fraction of sp³-hybridized carbons (Fsp3) is 0.448. The summed E-state index contributed by atoms with van der Waals surface area (Å²) in [6.07, 6.45) is -4.09. The van der Waals surface area contributed by atoms with Gasteiger partial charge in [0.15, 0.2) is 9.84 Å². The van der Waals surface area contributed by atoms with Gasteiger partial charge in [-0.3, -0.25) is 9.59 Å². The third-order valence-electron chi connectivity index (χ3n) is 7.77. The average molecular weight is 702 g/mol. The van der Waals surface area contributed by atoms with E-state index in [1.165, 1.54) is 28.8 Å². The number of nitrogens with one attached hydrogen (secondary N) is 3. The van der Waals surface area contributed by atoms with Crippen LogP contribution in [0.1, 0.15) is 22.3 Å². The van der Waals surface area contributed by atoms with Gasteiger partial charge in [-0.25, -0.2) is 18.0 Å². The second-order valence-electron chi connectivity index (χ2n) is 10.9.